The Morgan fingerprint density at radius 1 is 1.10 bits per heavy atom. The van der Waals surface area contributed by atoms with E-state index in [0.717, 1.165) is 29.5 Å². The Morgan fingerprint density at radius 2 is 1.93 bits per heavy atom. The molecule has 0 radical (unpaired) electrons. The van der Waals surface area contributed by atoms with Crippen LogP contribution in [0.3, 0.4) is 0 Å². The molecule has 0 spiro atoms. The number of ketones is 1. The molecule has 6 nitrogen and oxygen atoms in total. The molecule has 1 aromatic carbocycles. The van der Waals surface area contributed by atoms with Crippen LogP contribution in [0.25, 0.3) is 10.2 Å². The monoisotopic (exact) mass is 429 g/mol. The predicted molar refractivity (Wildman–Crippen MR) is 118 cm³/mol. The second-order valence-electron chi connectivity index (χ2n) is 6.82. The normalized spacial score (nSPS) is 11.9. The van der Waals surface area contributed by atoms with Gasteiger partial charge in [0, 0.05) is 11.8 Å². The number of unbranched alkanes of at least 4 members (excludes halogenated alkanes) is 2. The summed E-state index contributed by atoms with van der Waals surface area (Å²) in [5.74, 6) is -0.375. The molecule has 0 saturated carbocycles. The largest absolute Gasteiger partial charge is 0.340 e. The van der Waals surface area contributed by atoms with E-state index in [0.29, 0.717) is 23.5 Å². The topological polar surface area (TPSA) is 88.2 Å². The summed E-state index contributed by atoms with van der Waals surface area (Å²) in [4.78, 5) is 40.8. The first-order chi connectivity index (χ1) is 14.0. The molecule has 29 heavy (non-hydrogen) atoms. The third kappa shape index (κ3) is 6.20. The molecule has 0 aliphatic rings. The molecule has 8 heteroatoms. The number of Topliss-reactive ketones (excluding diaryl/α,β-unsaturated/α-hetero) is 1. The third-order valence-corrected chi connectivity index (χ3v) is 6.09. The van der Waals surface area contributed by atoms with Crippen molar-refractivity contribution in [3.8, 4) is 0 Å². The van der Waals surface area contributed by atoms with E-state index in [1.807, 2.05) is 29.6 Å². The van der Waals surface area contributed by atoms with Crippen molar-refractivity contribution in [2.75, 3.05) is 5.32 Å². The Hall–Kier alpha value is -2.58. The lowest BCUT2D eigenvalue weighted by Gasteiger charge is -2.17. The molecule has 3 aromatic rings. The number of carbonyl (C=O) groups excluding carboxylic acids is 3. The van der Waals surface area contributed by atoms with E-state index in [9.17, 15) is 14.4 Å². The molecule has 2 aromatic heterocycles. The molecule has 2 N–H and O–H groups in total. The van der Waals surface area contributed by atoms with Crippen LogP contribution >= 0.6 is 22.7 Å². The van der Waals surface area contributed by atoms with Gasteiger partial charge in [0.1, 0.15) is 11.8 Å². The van der Waals surface area contributed by atoms with Crippen LogP contribution in [0.2, 0.25) is 0 Å². The van der Waals surface area contributed by atoms with E-state index in [2.05, 4.69) is 15.6 Å². The van der Waals surface area contributed by atoms with E-state index in [4.69, 9.17) is 0 Å². The maximum atomic E-state index is 12.9. The molecule has 1 atom stereocenters. The van der Waals surface area contributed by atoms with E-state index in [1.165, 1.54) is 22.7 Å². The number of hydrogen-bond acceptors (Lipinski definition) is 6. The number of rotatable bonds is 10. The molecule has 0 bridgehead atoms. The number of thiophene rings is 1. The van der Waals surface area contributed by atoms with Crippen LogP contribution in [0.5, 0.6) is 0 Å². The molecule has 0 aliphatic carbocycles. The molecule has 0 fully saturated rings. The Bertz CT molecular complexity index is 949. The second-order valence-corrected chi connectivity index (χ2v) is 8.63. The fraction of sp³-hybridized carbons (Fsp3) is 0.333. The summed E-state index contributed by atoms with van der Waals surface area (Å²) in [6.45, 7) is 1.58. The number of carbonyl (C=O) groups is 3. The summed E-state index contributed by atoms with van der Waals surface area (Å²) >= 11 is 2.84. The van der Waals surface area contributed by atoms with Crippen molar-refractivity contribution < 1.29 is 14.4 Å². The maximum Gasteiger partial charge on any atom is 0.252 e. The van der Waals surface area contributed by atoms with Gasteiger partial charge in [0.05, 0.1) is 15.8 Å². The van der Waals surface area contributed by atoms with Crippen molar-refractivity contribution in [2.24, 2.45) is 0 Å². The highest BCUT2D eigenvalue weighted by Crippen LogP contribution is 2.25. The molecular weight excluding hydrogens is 406 g/mol. The SMILES string of the molecule is CC(=O)CCCCC[C@H](NC(=O)c1ccsc1)C(=O)Nc1nc2ccccc2s1. The van der Waals surface area contributed by atoms with Gasteiger partial charge in [0.25, 0.3) is 5.91 Å². The number of para-hydroxylation sites is 1. The number of hydrogen-bond donors (Lipinski definition) is 2. The zero-order chi connectivity index (χ0) is 20.6. The average Bonchev–Trinajstić information content (AvgIpc) is 3.35. The van der Waals surface area contributed by atoms with Gasteiger partial charge in [0.15, 0.2) is 5.13 Å². The van der Waals surface area contributed by atoms with Crippen LogP contribution in [0.1, 0.15) is 49.4 Å². The van der Waals surface area contributed by atoms with E-state index in [1.54, 1.807) is 18.4 Å². The van der Waals surface area contributed by atoms with Crippen LogP contribution in [0, 0.1) is 0 Å². The average molecular weight is 430 g/mol. The number of amides is 2. The molecule has 0 unspecified atom stereocenters. The highest BCUT2D eigenvalue weighted by Gasteiger charge is 2.22. The zero-order valence-electron chi connectivity index (χ0n) is 16.1. The van der Waals surface area contributed by atoms with Crippen molar-refractivity contribution in [1.82, 2.24) is 10.3 Å². The fourth-order valence-corrected chi connectivity index (χ4v) is 4.43. The van der Waals surface area contributed by atoms with Gasteiger partial charge in [-0.05, 0) is 43.3 Å². The van der Waals surface area contributed by atoms with Crippen molar-refractivity contribution in [3.63, 3.8) is 0 Å². The minimum atomic E-state index is -0.660. The van der Waals surface area contributed by atoms with Gasteiger partial charge < -0.3 is 15.4 Å². The number of aromatic nitrogens is 1. The summed E-state index contributed by atoms with van der Waals surface area (Å²) in [5.41, 5.74) is 1.38. The van der Waals surface area contributed by atoms with Gasteiger partial charge in [-0.15, -0.1) is 0 Å². The minimum absolute atomic E-state index is 0.167. The van der Waals surface area contributed by atoms with E-state index < -0.39 is 6.04 Å². The standard InChI is InChI=1S/C21H23N3O3S2/c1-14(25)7-3-2-4-9-17(22-19(26)15-11-12-28-13-15)20(27)24-21-23-16-8-5-6-10-18(16)29-21/h5-6,8,10-13,17H,2-4,7,9H2,1H3,(H,22,26)(H,23,24,27)/t17-/m0/s1. The van der Waals surface area contributed by atoms with E-state index >= 15 is 0 Å². The lowest BCUT2D eigenvalue weighted by Crippen LogP contribution is -2.43. The lowest BCUT2D eigenvalue weighted by molar-refractivity contribution is -0.118. The quantitative estimate of drug-likeness (QED) is 0.460. The Balaban J connectivity index is 1.63. The van der Waals surface area contributed by atoms with Gasteiger partial charge in [-0.3, -0.25) is 9.59 Å². The van der Waals surface area contributed by atoms with Crippen LogP contribution in [-0.4, -0.2) is 28.6 Å². The first-order valence-corrected chi connectivity index (χ1v) is 11.3. The highest BCUT2D eigenvalue weighted by molar-refractivity contribution is 7.22. The molecule has 0 aliphatic heterocycles. The predicted octanol–water partition coefficient (Wildman–Crippen LogP) is 4.63. The number of nitrogens with one attached hydrogen (secondary N) is 2. The number of benzene rings is 1. The number of fused-ring (bicyclic) bond motifs is 1. The van der Waals surface area contributed by atoms with Gasteiger partial charge in [-0.25, -0.2) is 4.98 Å². The third-order valence-electron chi connectivity index (χ3n) is 4.45. The lowest BCUT2D eigenvalue weighted by atomic mass is 10.1. The molecule has 2 heterocycles. The highest BCUT2D eigenvalue weighted by atomic mass is 32.1. The molecule has 2 amide bonds. The van der Waals surface area contributed by atoms with Crippen molar-refractivity contribution >= 4 is 55.6 Å². The minimum Gasteiger partial charge on any atom is -0.340 e. The Kier molecular flexibility index (Phi) is 7.48. The Morgan fingerprint density at radius 3 is 2.66 bits per heavy atom. The summed E-state index contributed by atoms with van der Waals surface area (Å²) in [6, 6.07) is 8.75. The molecule has 152 valence electrons. The zero-order valence-corrected chi connectivity index (χ0v) is 17.8. The van der Waals surface area contributed by atoms with Crippen LogP contribution < -0.4 is 10.6 Å². The smallest absolute Gasteiger partial charge is 0.252 e. The van der Waals surface area contributed by atoms with Crippen LogP contribution in [0.15, 0.2) is 41.1 Å². The number of thiazole rings is 1. The summed E-state index contributed by atoms with van der Waals surface area (Å²) in [5, 5.41) is 9.78. The Labute approximate surface area is 177 Å². The second kappa shape index (κ2) is 10.3. The van der Waals surface area contributed by atoms with Crippen LogP contribution in [-0.2, 0) is 9.59 Å². The van der Waals surface area contributed by atoms with Gasteiger partial charge >= 0.3 is 0 Å². The van der Waals surface area contributed by atoms with Gasteiger partial charge in [0.2, 0.25) is 5.91 Å². The van der Waals surface area contributed by atoms with Gasteiger partial charge in [-0.1, -0.05) is 36.3 Å². The molecule has 0 saturated heterocycles. The molecule has 3 rings (SSSR count). The first kappa shape index (κ1) is 21.1. The van der Waals surface area contributed by atoms with Gasteiger partial charge in [-0.2, -0.15) is 11.3 Å². The summed E-state index contributed by atoms with van der Waals surface area (Å²) in [7, 11) is 0. The summed E-state index contributed by atoms with van der Waals surface area (Å²) in [6.07, 6.45) is 3.42. The number of anilines is 1. The van der Waals surface area contributed by atoms with E-state index in [-0.39, 0.29) is 17.6 Å². The van der Waals surface area contributed by atoms with Crippen molar-refractivity contribution in [1.29, 1.82) is 0 Å². The first-order valence-electron chi connectivity index (χ1n) is 9.52. The summed E-state index contributed by atoms with van der Waals surface area (Å²) < 4.78 is 0.992. The molecular formula is C21H23N3O3S2. The van der Waals surface area contributed by atoms with Crippen LogP contribution in [0.4, 0.5) is 5.13 Å². The fourth-order valence-electron chi connectivity index (χ4n) is 2.92. The maximum absolute atomic E-state index is 12.9. The van der Waals surface area contributed by atoms with Crippen molar-refractivity contribution in [2.45, 2.75) is 45.1 Å². The van der Waals surface area contributed by atoms with Crippen molar-refractivity contribution in [3.05, 3.63) is 46.7 Å². The number of nitrogens with zero attached hydrogens (tertiary/aromatic N) is 1.